The Hall–Kier alpha value is -3.61. The van der Waals surface area contributed by atoms with Crippen LogP contribution >= 0.6 is 0 Å². The molecule has 0 bridgehead atoms. The maximum Gasteiger partial charge on any atom is 0.256 e. The second-order valence-electron chi connectivity index (χ2n) is 6.66. The summed E-state index contributed by atoms with van der Waals surface area (Å²) in [7, 11) is 1.61. The first-order valence-corrected chi connectivity index (χ1v) is 9.05. The minimum Gasteiger partial charge on any atom is -0.496 e. The molecule has 2 aromatic carbocycles. The van der Waals surface area contributed by atoms with Gasteiger partial charge in [0.1, 0.15) is 5.75 Å². The molecule has 1 saturated carbocycles. The molecule has 0 aliphatic heterocycles. The molecule has 1 aliphatic carbocycles. The van der Waals surface area contributed by atoms with Crippen molar-refractivity contribution in [3.05, 3.63) is 60.2 Å². The molecule has 7 nitrogen and oxygen atoms in total. The fraction of sp³-hybridized carbons (Fsp3) is 0.190. The number of methoxy groups -OCH3 is 1. The first-order valence-electron chi connectivity index (χ1n) is 9.05. The van der Waals surface area contributed by atoms with E-state index in [-0.39, 0.29) is 17.7 Å². The predicted molar refractivity (Wildman–Crippen MR) is 106 cm³/mol. The topological polar surface area (TPSA) is 96.1 Å². The molecule has 1 heterocycles. The van der Waals surface area contributed by atoms with E-state index in [1.54, 1.807) is 37.4 Å². The third kappa shape index (κ3) is 3.88. The smallest absolute Gasteiger partial charge is 0.256 e. The molecule has 7 heteroatoms. The SMILES string of the molecule is COc1ccccc1-c1cc(NC(=O)c2ccc(NC(=O)C3CC3)cc2)n[nH]1. The summed E-state index contributed by atoms with van der Waals surface area (Å²) in [5, 5.41) is 12.7. The summed E-state index contributed by atoms with van der Waals surface area (Å²) in [6.07, 6.45) is 1.90. The van der Waals surface area contributed by atoms with Gasteiger partial charge in [-0.05, 0) is 49.2 Å². The van der Waals surface area contributed by atoms with E-state index in [0.717, 1.165) is 24.1 Å². The number of hydrogen-bond acceptors (Lipinski definition) is 4. The fourth-order valence-electron chi connectivity index (χ4n) is 2.87. The molecule has 28 heavy (non-hydrogen) atoms. The average molecular weight is 376 g/mol. The van der Waals surface area contributed by atoms with Crippen molar-refractivity contribution in [2.75, 3.05) is 17.7 Å². The zero-order chi connectivity index (χ0) is 19.5. The number of carbonyl (C=O) groups is 2. The van der Waals surface area contributed by atoms with Crippen molar-refractivity contribution in [1.29, 1.82) is 0 Å². The van der Waals surface area contributed by atoms with Gasteiger partial charge in [0, 0.05) is 28.8 Å². The molecule has 142 valence electrons. The van der Waals surface area contributed by atoms with Crippen molar-refractivity contribution in [3.63, 3.8) is 0 Å². The average Bonchev–Trinajstić information content (AvgIpc) is 3.48. The van der Waals surface area contributed by atoms with Gasteiger partial charge in [0.2, 0.25) is 5.91 Å². The van der Waals surface area contributed by atoms with Crippen LogP contribution in [0.1, 0.15) is 23.2 Å². The molecule has 1 aromatic heterocycles. The van der Waals surface area contributed by atoms with Crippen molar-refractivity contribution >= 4 is 23.3 Å². The van der Waals surface area contributed by atoms with Crippen molar-refractivity contribution < 1.29 is 14.3 Å². The molecule has 1 aliphatic rings. The Balaban J connectivity index is 1.42. The quantitative estimate of drug-likeness (QED) is 0.611. The summed E-state index contributed by atoms with van der Waals surface area (Å²) in [5.74, 6) is 1.03. The third-order valence-electron chi connectivity index (χ3n) is 4.58. The monoisotopic (exact) mass is 376 g/mol. The Bertz CT molecular complexity index is 1010. The molecule has 0 atom stereocenters. The zero-order valence-electron chi connectivity index (χ0n) is 15.4. The van der Waals surface area contributed by atoms with Crippen LogP contribution in [0.4, 0.5) is 11.5 Å². The molecule has 0 unspecified atom stereocenters. The van der Waals surface area contributed by atoms with E-state index < -0.39 is 0 Å². The standard InChI is InChI=1S/C21H20N4O3/c1-28-18-5-3-2-4-16(18)17-12-19(25-24-17)23-21(27)14-8-10-15(11-9-14)22-20(26)13-6-7-13/h2-5,8-13H,6-7H2,1H3,(H,22,26)(H2,23,24,25,27). The summed E-state index contributed by atoms with van der Waals surface area (Å²) >= 11 is 0. The van der Waals surface area contributed by atoms with Crippen LogP contribution in [0.5, 0.6) is 5.75 Å². The fourth-order valence-corrected chi connectivity index (χ4v) is 2.87. The van der Waals surface area contributed by atoms with Gasteiger partial charge in [0.15, 0.2) is 5.82 Å². The second kappa shape index (κ2) is 7.56. The number of aromatic amines is 1. The number of rotatable bonds is 6. The van der Waals surface area contributed by atoms with Crippen molar-refractivity contribution in [1.82, 2.24) is 10.2 Å². The lowest BCUT2D eigenvalue weighted by Gasteiger charge is -2.06. The number of nitrogens with one attached hydrogen (secondary N) is 3. The lowest BCUT2D eigenvalue weighted by Crippen LogP contribution is -2.14. The molecule has 2 amide bonds. The minimum absolute atomic E-state index is 0.0394. The summed E-state index contributed by atoms with van der Waals surface area (Å²) < 4.78 is 5.35. The zero-order valence-corrected chi connectivity index (χ0v) is 15.4. The van der Waals surface area contributed by atoms with Gasteiger partial charge in [-0.25, -0.2) is 0 Å². The molecule has 4 rings (SSSR count). The van der Waals surface area contributed by atoms with Gasteiger partial charge < -0.3 is 15.4 Å². The predicted octanol–water partition coefficient (Wildman–Crippen LogP) is 3.69. The number of H-pyrrole nitrogens is 1. The number of benzene rings is 2. The Morgan fingerprint density at radius 3 is 2.54 bits per heavy atom. The minimum atomic E-state index is -0.279. The maximum absolute atomic E-state index is 12.5. The van der Waals surface area contributed by atoms with E-state index in [4.69, 9.17) is 4.74 Å². The van der Waals surface area contributed by atoms with Crippen LogP contribution in [0.25, 0.3) is 11.3 Å². The molecule has 3 N–H and O–H groups in total. The summed E-state index contributed by atoms with van der Waals surface area (Å²) in [5.41, 5.74) is 2.76. The molecule has 0 spiro atoms. The van der Waals surface area contributed by atoms with Crippen molar-refractivity contribution in [3.8, 4) is 17.0 Å². The maximum atomic E-state index is 12.5. The molecular weight excluding hydrogens is 356 g/mol. The lowest BCUT2D eigenvalue weighted by molar-refractivity contribution is -0.117. The summed E-state index contributed by atoms with van der Waals surface area (Å²) in [6.45, 7) is 0. The van der Waals surface area contributed by atoms with Gasteiger partial charge in [0.05, 0.1) is 12.8 Å². The first kappa shape index (κ1) is 17.8. The number of para-hydroxylation sites is 1. The lowest BCUT2D eigenvalue weighted by atomic mass is 10.1. The second-order valence-corrected chi connectivity index (χ2v) is 6.66. The van der Waals surface area contributed by atoms with E-state index in [0.29, 0.717) is 22.8 Å². The molecular formula is C21H20N4O3. The normalized spacial score (nSPS) is 13.0. The third-order valence-corrected chi connectivity index (χ3v) is 4.58. The number of ether oxygens (including phenoxy) is 1. The van der Waals surface area contributed by atoms with Gasteiger partial charge in [-0.3, -0.25) is 14.7 Å². The van der Waals surface area contributed by atoms with Crippen LogP contribution in [-0.2, 0) is 4.79 Å². The summed E-state index contributed by atoms with van der Waals surface area (Å²) in [4.78, 5) is 24.2. The molecule has 0 saturated heterocycles. The van der Waals surface area contributed by atoms with Gasteiger partial charge in [-0.2, -0.15) is 5.10 Å². The highest BCUT2D eigenvalue weighted by molar-refractivity contribution is 6.04. The van der Waals surface area contributed by atoms with Gasteiger partial charge in [-0.15, -0.1) is 0 Å². The van der Waals surface area contributed by atoms with Crippen molar-refractivity contribution in [2.45, 2.75) is 12.8 Å². The first-order chi connectivity index (χ1) is 13.6. The Morgan fingerprint density at radius 2 is 1.82 bits per heavy atom. The Kier molecular flexibility index (Phi) is 4.80. The van der Waals surface area contributed by atoms with Crippen LogP contribution in [0.15, 0.2) is 54.6 Å². The van der Waals surface area contributed by atoms with E-state index >= 15 is 0 Å². The summed E-state index contributed by atoms with van der Waals surface area (Å²) in [6, 6.07) is 16.1. The number of hydrogen-bond donors (Lipinski definition) is 3. The number of carbonyl (C=O) groups excluding carboxylic acids is 2. The highest BCUT2D eigenvalue weighted by Crippen LogP contribution is 2.30. The van der Waals surface area contributed by atoms with Crippen LogP contribution in [0, 0.1) is 5.92 Å². The molecule has 1 fully saturated rings. The Labute approximate surface area is 162 Å². The largest absolute Gasteiger partial charge is 0.496 e. The highest BCUT2D eigenvalue weighted by Gasteiger charge is 2.29. The molecule has 3 aromatic rings. The Morgan fingerprint density at radius 1 is 1.07 bits per heavy atom. The number of aromatic nitrogens is 2. The number of amides is 2. The van der Waals surface area contributed by atoms with E-state index in [1.807, 2.05) is 24.3 Å². The van der Waals surface area contributed by atoms with E-state index in [9.17, 15) is 9.59 Å². The van der Waals surface area contributed by atoms with E-state index in [2.05, 4.69) is 20.8 Å². The molecule has 0 radical (unpaired) electrons. The van der Waals surface area contributed by atoms with Crippen molar-refractivity contribution in [2.24, 2.45) is 5.92 Å². The highest BCUT2D eigenvalue weighted by atomic mass is 16.5. The van der Waals surface area contributed by atoms with E-state index in [1.165, 1.54) is 0 Å². The van der Waals surface area contributed by atoms with Gasteiger partial charge >= 0.3 is 0 Å². The number of anilines is 2. The van der Waals surface area contributed by atoms with Crippen LogP contribution in [-0.4, -0.2) is 29.1 Å². The van der Waals surface area contributed by atoms with Gasteiger partial charge in [-0.1, -0.05) is 12.1 Å². The van der Waals surface area contributed by atoms with Crippen LogP contribution in [0.3, 0.4) is 0 Å². The van der Waals surface area contributed by atoms with Crippen LogP contribution in [0.2, 0.25) is 0 Å². The van der Waals surface area contributed by atoms with Gasteiger partial charge in [0.25, 0.3) is 5.91 Å². The van der Waals surface area contributed by atoms with Crippen LogP contribution < -0.4 is 15.4 Å². The number of nitrogens with zero attached hydrogens (tertiary/aromatic N) is 1.